The van der Waals surface area contributed by atoms with E-state index in [2.05, 4.69) is 22.3 Å². The van der Waals surface area contributed by atoms with Gasteiger partial charge in [0.15, 0.2) is 6.10 Å². The van der Waals surface area contributed by atoms with Crippen molar-refractivity contribution in [3.63, 3.8) is 0 Å². The van der Waals surface area contributed by atoms with Gasteiger partial charge in [-0.15, -0.1) is 0 Å². The summed E-state index contributed by atoms with van der Waals surface area (Å²) in [5.74, 6) is 0.656. The van der Waals surface area contributed by atoms with Crippen molar-refractivity contribution >= 4 is 11.6 Å². The summed E-state index contributed by atoms with van der Waals surface area (Å²) in [4.78, 5) is 14.4. The lowest BCUT2D eigenvalue weighted by Gasteiger charge is -2.21. The number of nitrogens with one attached hydrogen (secondary N) is 1. The lowest BCUT2D eigenvalue weighted by molar-refractivity contribution is -0.128. The van der Waals surface area contributed by atoms with Crippen LogP contribution in [0.15, 0.2) is 54.6 Å². The number of hydrogen-bond donors (Lipinski definition) is 1. The maximum atomic E-state index is 12.3. The van der Waals surface area contributed by atoms with Crippen LogP contribution in [0.2, 0.25) is 0 Å². The molecular formula is C20H26N2O2. The molecule has 0 heterocycles. The summed E-state index contributed by atoms with van der Waals surface area (Å²) in [5.41, 5.74) is 2.30. The molecule has 0 spiro atoms. The van der Waals surface area contributed by atoms with E-state index in [1.54, 1.807) is 0 Å². The maximum absolute atomic E-state index is 12.3. The van der Waals surface area contributed by atoms with Crippen molar-refractivity contribution in [1.29, 1.82) is 0 Å². The minimum atomic E-state index is -0.463. The van der Waals surface area contributed by atoms with E-state index in [9.17, 15) is 4.79 Å². The fourth-order valence-electron chi connectivity index (χ4n) is 2.38. The monoisotopic (exact) mass is 326 g/mol. The highest BCUT2D eigenvalue weighted by atomic mass is 16.5. The molecule has 0 aliphatic rings. The van der Waals surface area contributed by atoms with Crippen LogP contribution in [0.5, 0.6) is 5.75 Å². The van der Waals surface area contributed by atoms with E-state index in [0.29, 0.717) is 13.0 Å². The normalized spacial score (nSPS) is 11.6. The average Bonchev–Trinajstić information content (AvgIpc) is 2.61. The van der Waals surface area contributed by atoms with Crippen molar-refractivity contribution in [2.24, 2.45) is 0 Å². The summed E-state index contributed by atoms with van der Waals surface area (Å²) >= 11 is 0. The highest BCUT2D eigenvalue weighted by Crippen LogP contribution is 2.15. The summed E-state index contributed by atoms with van der Waals surface area (Å²) in [7, 11) is 2.02. The number of nitrogens with zero attached hydrogens (tertiary/aromatic N) is 1. The van der Waals surface area contributed by atoms with Gasteiger partial charge in [-0.25, -0.2) is 0 Å². The van der Waals surface area contributed by atoms with E-state index in [4.69, 9.17) is 4.74 Å². The van der Waals surface area contributed by atoms with Crippen LogP contribution in [-0.4, -0.2) is 32.1 Å². The Morgan fingerprint density at radius 1 is 1.12 bits per heavy atom. The van der Waals surface area contributed by atoms with Gasteiger partial charge >= 0.3 is 0 Å². The van der Waals surface area contributed by atoms with Gasteiger partial charge in [0.2, 0.25) is 0 Å². The molecule has 1 amide bonds. The first-order valence-electron chi connectivity index (χ1n) is 8.37. The Kier molecular flexibility index (Phi) is 6.67. The number of benzene rings is 2. The molecule has 0 radical (unpaired) electrons. The third kappa shape index (κ3) is 5.30. The second kappa shape index (κ2) is 8.96. The Morgan fingerprint density at radius 2 is 1.79 bits per heavy atom. The summed E-state index contributed by atoms with van der Waals surface area (Å²) in [6.45, 7) is 5.31. The zero-order chi connectivity index (χ0) is 17.4. The van der Waals surface area contributed by atoms with Crippen LogP contribution in [0.25, 0.3) is 0 Å². The van der Waals surface area contributed by atoms with Crippen molar-refractivity contribution in [2.75, 3.05) is 25.0 Å². The first-order chi connectivity index (χ1) is 11.6. The van der Waals surface area contributed by atoms with E-state index < -0.39 is 6.10 Å². The molecule has 4 nitrogen and oxygen atoms in total. The SMILES string of the molecule is CCC(Oc1ccc(C)cc1)C(=O)NCCN(C)c1ccccc1. The van der Waals surface area contributed by atoms with Gasteiger partial charge < -0.3 is 15.0 Å². The van der Waals surface area contributed by atoms with Crippen LogP contribution >= 0.6 is 0 Å². The smallest absolute Gasteiger partial charge is 0.261 e. The van der Waals surface area contributed by atoms with Crippen molar-refractivity contribution in [3.8, 4) is 5.75 Å². The van der Waals surface area contributed by atoms with Crippen molar-refractivity contribution < 1.29 is 9.53 Å². The zero-order valence-corrected chi connectivity index (χ0v) is 14.7. The number of aryl methyl sites for hydroxylation is 1. The molecule has 4 heteroatoms. The highest BCUT2D eigenvalue weighted by Gasteiger charge is 2.17. The lowest BCUT2D eigenvalue weighted by Crippen LogP contribution is -2.41. The van der Waals surface area contributed by atoms with Gasteiger partial charge in [-0.05, 0) is 37.6 Å². The van der Waals surface area contributed by atoms with E-state index in [0.717, 1.165) is 18.0 Å². The van der Waals surface area contributed by atoms with Crippen LogP contribution in [0, 0.1) is 6.92 Å². The molecule has 24 heavy (non-hydrogen) atoms. The van der Waals surface area contributed by atoms with Gasteiger partial charge in [-0.3, -0.25) is 4.79 Å². The maximum Gasteiger partial charge on any atom is 0.261 e. The highest BCUT2D eigenvalue weighted by molar-refractivity contribution is 5.81. The van der Waals surface area contributed by atoms with Gasteiger partial charge in [-0.2, -0.15) is 0 Å². The summed E-state index contributed by atoms with van der Waals surface area (Å²) in [6, 6.07) is 17.9. The second-order valence-electron chi connectivity index (χ2n) is 5.88. The van der Waals surface area contributed by atoms with Gasteiger partial charge in [0, 0.05) is 25.8 Å². The van der Waals surface area contributed by atoms with Crippen LogP contribution in [-0.2, 0) is 4.79 Å². The third-order valence-electron chi connectivity index (χ3n) is 3.91. The third-order valence-corrected chi connectivity index (χ3v) is 3.91. The van der Waals surface area contributed by atoms with Gasteiger partial charge in [0.1, 0.15) is 5.75 Å². The van der Waals surface area contributed by atoms with Crippen LogP contribution < -0.4 is 15.0 Å². The van der Waals surface area contributed by atoms with Gasteiger partial charge in [0.05, 0.1) is 0 Å². The molecule has 0 saturated carbocycles. The first kappa shape index (κ1) is 17.9. The predicted molar refractivity (Wildman–Crippen MR) is 98.6 cm³/mol. The number of amides is 1. The van der Waals surface area contributed by atoms with Crippen LogP contribution in [0.3, 0.4) is 0 Å². The van der Waals surface area contributed by atoms with Crippen molar-refractivity contribution in [1.82, 2.24) is 5.32 Å². The largest absolute Gasteiger partial charge is 0.481 e. The number of anilines is 1. The minimum Gasteiger partial charge on any atom is -0.481 e. The summed E-state index contributed by atoms with van der Waals surface area (Å²) in [5, 5.41) is 2.96. The fourth-order valence-corrected chi connectivity index (χ4v) is 2.38. The number of carbonyl (C=O) groups excluding carboxylic acids is 1. The Balaban J connectivity index is 1.80. The minimum absolute atomic E-state index is 0.0699. The molecule has 0 fully saturated rings. The molecule has 0 saturated heterocycles. The standard InChI is InChI=1S/C20H26N2O2/c1-4-19(24-18-12-10-16(2)11-13-18)20(23)21-14-15-22(3)17-8-6-5-7-9-17/h5-13,19H,4,14-15H2,1-3H3,(H,21,23). The number of carbonyl (C=O) groups is 1. The Bertz CT molecular complexity index is 626. The van der Waals surface area contributed by atoms with E-state index in [1.807, 2.05) is 63.4 Å². The topological polar surface area (TPSA) is 41.6 Å². The lowest BCUT2D eigenvalue weighted by atomic mass is 10.2. The molecule has 1 unspecified atom stereocenters. The van der Waals surface area contributed by atoms with Crippen molar-refractivity contribution in [2.45, 2.75) is 26.4 Å². The second-order valence-corrected chi connectivity index (χ2v) is 5.88. The molecule has 1 atom stereocenters. The number of ether oxygens (including phenoxy) is 1. The van der Waals surface area contributed by atoms with Gasteiger partial charge in [-0.1, -0.05) is 42.8 Å². The fraction of sp³-hybridized carbons (Fsp3) is 0.350. The zero-order valence-electron chi connectivity index (χ0n) is 14.7. The number of para-hydroxylation sites is 1. The van der Waals surface area contributed by atoms with E-state index in [-0.39, 0.29) is 5.91 Å². The summed E-state index contributed by atoms with van der Waals surface area (Å²) < 4.78 is 5.80. The molecule has 2 aromatic carbocycles. The van der Waals surface area contributed by atoms with E-state index >= 15 is 0 Å². The number of hydrogen-bond acceptors (Lipinski definition) is 3. The molecular weight excluding hydrogens is 300 g/mol. The molecule has 128 valence electrons. The molecule has 2 aromatic rings. The predicted octanol–water partition coefficient (Wildman–Crippen LogP) is 3.41. The van der Waals surface area contributed by atoms with Crippen LogP contribution in [0.1, 0.15) is 18.9 Å². The van der Waals surface area contributed by atoms with Crippen LogP contribution in [0.4, 0.5) is 5.69 Å². The Morgan fingerprint density at radius 3 is 2.42 bits per heavy atom. The Hall–Kier alpha value is -2.49. The number of likely N-dealkylation sites (N-methyl/N-ethyl adjacent to an activating group) is 1. The molecule has 0 aliphatic carbocycles. The number of rotatable bonds is 8. The molecule has 1 N–H and O–H groups in total. The van der Waals surface area contributed by atoms with E-state index in [1.165, 1.54) is 5.56 Å². The Labute approximate surface area is 144 Å². The average molecular weight is 326 g/mol. The molecule has 0 aliphatic heterocycles. The molecule has 0 aromatic heterocycles. The molecule has 0 bridgehead atoms. The van der Waals surface area contributed by atoms with Crippen molar-refractivity contribution in [3.05, 3.63) is 60.2 Å². The summed E-state index contributed by atoms with van der Waals surface area (Å²) in [6.07, 6.45) is 0.170. The molecule has 2 rings (SSSR count). The van der Waals surface area contributed by atoms with Gasteiger partial charge in [0.25, 0.3) is 5.91 Å². The quantitative estimate of drug-likeness (QED) is 0.808. The first-order valence-corrected chi connectivity index (χ1v) is 8.37.